The molecule has 0 aliphatic carbocycles. The third-order valence-corrected chi connectivity index (χ3v) is 3.37. The zero-order valence-electron chi connectivity index (χ0n) is 10.2. The number of halogens is 3. The summed E-state index contributed by atoms with van der Waals surface area (Å²) in [5, 5.41) is 0.183. The average molecular weight is 311 g/mol. The monoisotopic (exact) mass is 310 g/mol. The van der Waals surface area contributed by atoms with E-state index in [1.54, 1.807) is 0 Å². The van der Waals surface area contributed by atoms with Gasteiger partial charge in [0.25, 0.3) is 0 Å². The predicted molar refractivity (Wildman–Crippen MR) is 76.2 cm³/mol. The molecule has 6 heteroatoms. The molecule has 0 unspecified atom stereocenters. The summed E-state index contributed by atoms with van der Waals surface area (Å²) in [4.78, 5) is 4.35. The average Bonchev–Trinajstić information content (AvgIpc) is 2.79. The van der Waals surface area contributed by atoms with Crippen molar-refractivity contribution in [2.24, 2.45) is 0 Å². The van der Waals surface area contributed by atoms with Crippen LogP contribution in [-0.4, -0.2) is 9.38 Å². The summed E-state index contributed by atoms with van der Waals surface area (Å²) in [7, 11) is 0. The number of fused-ring (bicyclic) bond motifs is 1. The van der Waals surface area contributed by atoms with E-state index in [0.29, 0.717) is 17.3 Å². The van der Waals surface area contributed by atoms with E-state index < -0.39 is 5.82 Å². The van der Waals surface area contributed by atoms with Crippen molar-refractivity contribution >= 4 is 28.8 Å². The van der Waals surface area contributed by atoms with Gasteiger partial charge in [-0.25, -0.2) is 4.39 Å². The Kier molecular flexibility index (Phi) is 3.51. The van der Waals surface area contributed by atoms with Crippen LogP contribution in [0.15, 0.2) is 42.6 Å². The fraction of sp³-hybridized carbons (Fsp3) is 0.0714. The largest absolute Gasteiger partial charge is 0.436 e. The quantitative estimate of drug-likeness (QED) is 0.658. The second kappa shape index (κ2) is 5.31. The van der Waals surface area contributed by atoms with Gasteiger partial charge in [-0.2, -0.15) is 4.98 Å². The molecule has 1 aromatic carbocycles. The molecule has 0 fully saturated rings. The molecule has 2 heterocycles. The van der Waals surface area contributed by atoms with Gasteiger partial charge in [-0.15, -0.1) is 11.6 Å². The van der Waals surface area contributed by atoms with Crippen LogP contribution >= 0.6 is 23.2 Å². The molecular weight excluding hydrogens is 302 g/mol. The normalized spacial score (nSPS) is 10.9. The standard InChI is InChI=1S/C14H9Cl2FN2O/c15-8-11-14(18-13-3-1-2-6-19(11)13)20-12-5-4-9(17)7-10(12)16/h1-7H,8H2. The minimum atomic E-state index is -0.421. The van der Waals surface area contributed by atoms with Crippen molar-refractivity contribution in [2.45, 2.75) is 5.88 Å². The summed E-state index contributed by atoms with van der Waals surface area (Å²) in [6.45, 7) is 0. The number of benzene rings is 1. The zero-order chi connectivity index (χ0) is 14.1. The Morgan fingerprint density at radius 3 is 2.85 bits per heavy atom. The maximum Gasteiger partial charge on any atom is 0.242 e. The fourth-order valence-electron chi connectivity index (χ4n) is 1.89. The van der Waals surface area contributed by atoms with Gasteiger partial charge >= 0.3 is 0 Å². The topological polar surface area (TPSA) is 26.5 Å². The lowest BCUT2D eigenvalue weighted by atomic mass is 10.3. The van der Waals surface area contributed by atoms with Crippen molar-refractivity contribution in [2.75, 3.05) is 0 Å². The molecule has 0 atom stereocenters. The van der Waals surface area contributed by atoms with Crippen LogP contribution in [0.5, 0.6) is 11.6 Å². The van der Waals surface area contributed by atoms with Crippen molar-refractivity contribution in [1.29, 1.82) is 0 Å². The minimum Gasteiger partial charge on any atom is -0.436 e. The first-order chi connectivity index (χ1) is 9.69. The highest BCUT2D eigenvalue weighted by Crippen LogP contribution is 2.32. The Hall–Kier alpha value is -1.78. The third kappa shape index (κ3) is 2.32. The highest BCUT2D eigenvalue weighted by Gasteiger charge is 2.14. The lowest BCUT2D eigenvalue weighted by molar-refractivity contribution is 0.460. The molecule has 2 aromatic heterocycles. The Bertz CT molecular complexity index is 773. The molecule has 0 bridgehead atoms. The van der Waals surface area contributed by atoms with Gasteiger partial charge in [0.2, 0.25) is 5.88 Å². The highest BCUT2D eigenvalue weighted by atomic mass is 35.5. The van der Waals surface area contributed by atoms with Crippen LogP contribution in [0.4, 0.5) is 4.39 Å². The van der Waals surface area contributed by atoms with Crippen molar-refractivity contribution in [1.82, 2.24) is 9.38 Å². The second-order valence-electron chi connectivity index (χ2n) is 4.10. The number of imidazole rings is 1. The molecule has 0 saturated heterocycles. The van der Waals surface area contributed by atoms with Gasteiger partial charge in [-0.1, -0.05) is 17.7 Å². The molecule has 0 aliphatic heterocycles. The van der Waals surface area contributed by atoms with Gasteiger partial charge in [0.05, 0.1) is 10.9 Å². The molecule has 0 N–H and O–H groups in total. The van der Waals surface area contributed by atoms with E-state index in [-0.39, 0.29) is 10.9 Å². The Morgan fingerprint density at radius 1 is 1.25 bits per heavy atom. The predicted octanol–water partition coefficient (Wildman–Crippen LogP) is 4.66. The first-order valence-electron chi connectivity index (χ1n) is 5.84. The summed E-state index contributed by atoms with van der Waals surface area (Å²) in [6.07, 6.45) is 1.85. The van der Waals surface area contributed by atoms with Gasteiger partial charge < -0.3 is 4.74 Å². The van der Waals surface area contributed by atoms with Crippen molar-refractivity contribution in [3.63, 3.8) is 0 Å². The Morgan fingerprint density at radius 2 is 2.10 bits per heavy atom. The summed E-state index contributed by atoms with van der Waals surface area (Å²) in [5.74, 6) is 0.511. The van der Waals surface area contributed by atoms with Crippen molar-refractivity contribution in [3.05, 3.63) is 59.1 Å². The van der Waals surface area contributed by atoms with Crippen molar-refractivity contribution in [3.8, 4) is 11.6 Å². The van der Waals surface area contributed by atoms with Crippen molar-refractivity contribution < 1.29 is 9.13 Å². The number of nitrogens with zero attached hydrogens (tertiary/aromatic N) is 2. The van der Waals surface area contributed by atoms with E-state index >= 15 is 0 Å². The minimum absolute atomic E-state index is 0.183. The number of aromatic nitrogens is 2. The fourth-order valence-corrected chi connectivity index (χ4v) is 2.34. The summed E-state index contributed by atoms with van der Waals surface area (Å²) < 4.78 is 20.5. The molecule has 0 spiro atoms. The van der Waals surface area contributed by atoms with Crippen LogP contribution in [-0.2, 0) is 5.88 Å². The maximum absolute atomic E-state index is 13.0. The SMILES string of the molecule is Fc1ccc(Oc2nc3ccccn3c2CCl)c(Cl)c1. The number of rotatable bonds is 3. The van der Waals surface area contributed by atoms with Crippen LogP contribution in [0.25, 0.3) is 5.65 Å². The Balaban J connectivity index is 2.06. The van der Waals surface area contributed by atoms with E-state index in [2.05, 4.69) is 4.98 Å². The molecule has 20 heavy (non-hydrogen) atoms. The molecule has 3 aromatic rings. The van der Waals surface area contributed by atoms with Crippen LogP contribution in [0.3, 0.4) is 0 Å². The van der Waals surface area contributed by atoms with Gasteiger partial charge in [0, 0.05) is 6.20 Å². The van der Waals surface area contributed by atoms with Crippen LogP contribution in [0.1, 0.15) is 5.69 Å². The maximum atomic E-state index is 13.0. The molecule has 102 valence electrons. The zero-order valence-corrected chi connectivity index (χ0v) is 11.7. The van der Waals surface area contributed by atoms with Gasteiger partial charge in [-0.3, -0.25) is 4.40 Å². The molecule has 0 radical (unpaired) electrons. The van der Waals surface area contributed by atoms with Gasteiger partial charge in [0.15, 0.2) is 0 Å². The molecule has 3 nitrogen and oxygen atoms in total. The first kappa shape index (κ1) is 13.2. The van der Waals surface area contributed by atoms with E-state index in [1.807, 2.05) is 28.8 Å². The molecule has 0 saturated carbocycles. The molecule has 0 aliphatic rings. The second-order valence-corrected chi connectivity index (χ2v) is 4.78. The highest BCUT2D eigenvalue weighted by molar-refractivity contribution is 6.32. The van der Waals surface area contributed by atoms with E-state index in [1.165, 1.54) is 18.2 Å². The molecule has 3 rings (SSSR count). The summed E-state index contributed by atoms with van der Waals surface area (Å²) in [5.41, 5.74) is 1.43. The summed E-state index contributed by atoms with van der Waals surface area (Å²) in [6, 6.07) is 9.51. The number of ether oxygens (including phenoxy) is 1. The summed E-state index contributed by atoms with van der Waals surface area (Å²) >= 11 is 11.9. The van der Waals surface area contributed by atoms with Gasteiger partial charge in [-0.05, 0) is 30.3 Å². The third-order valence-electron chi connectivity index (χ3n) is 2.82. The molecular formula is C14H9Cl2FN2O. The Labute approximate surface area is 124 Å². The van der Waals surface area contributed by atoms with Crippen LogP contribution < -0.4 is 4.74 Å². The van der Waals surface area contributed by atoms with E-state index in [0.717, 1.165) is 5.65 Å². The number of pyridine rings is 1. The van der Waals surface area contributed by atoms with E-state index in [9.17, 15) is 4.39 Å². The van der Waals surface area contributed by atoms with E-state index in [4.69, 9.17) is 27.9 Å². The number of alkyl halides is 1. The van der Waals surface area contributed by atoms with Crippen LogP contribution in [0, 0.1) is 5.82 Å². The first-order valence-corrected chi connectivity index (χ1v) is 6.75. The number of hydrogen-bond donors (Lipinski definition) is 0. The lowest BCUT2D eigenvalue weighted by Crippen LogP contribution is -1.92. The lowest BCUT2D eigenvalue weighted by Gasteiger charge is -2.06. The molecule has 0 amide bonds. The van der Waals surface area contributed by atoms with Gasteiger partial charge in [0.1, 0.15) is 22.9 Å². The smallest absolute Gasteiger partial charge is 0.242 e. The van der Waals surface area contributed by atoms with Crippen LogP contribution in [0.2, 0.25) is 5.02 Å². The number of hydrogen-bond acceptors (Lipinski definition) is 2.